The normalized spacial score (nSPS) is 19.5. The topological polar surface area (TPSA) is 71.0 Å². The fraction of sp³-hybridized carbons (Fsp3) is 0.500. The molecule has 1 spiro atoms. The number of hydrogen-bond donors (Lipinski definition) is 1. The Labute approximate surface area is 154 Å². The van der Waals surface area contributed by atoms with Gasteiger partial charge in [0.2, 0.25) is 0 Å². The van der Waals surface area contributed by atoms with E-state index < -0.39 is 0 Å². The van der Waals surface area contributed by atoms with Gasteiger partial charge >= 0.3 is 0 Å². The van der Waals surface area contributed by atoms with Crippen molar-refractivity contribution in [3.05, 3.63) is 42.0 Å². The van der Waals surface area contributed by atoms with Gasteiger partial charge in [-0.05, 0) is 63.2 Å². The fourth-order valence-electron chi connectivity index (χ4n) is 4.12. The molecule has 0 saturated carbocycles. The number of carbonyl (C=O) groups is 1. The van der Waals surface area contributed by atoms with Gasteiger partial charge in [-0.25, -0.2) is 9.97 Å². The lowest BCUT2D eigenvalue weighted by Crippen LogP contribution is -2.47. The van der Waals surface area contributed by atoms with Crippen LogP contribution in [-0.4, -0.2) is 51.9 Å². The van der Waals surface area contributed by atoms with Crippen molar-refractivity contribution in [1.82, 2.24) is 25.2 Å². The van der Waals surface area contributed by atoms with Crippen LogP contribution in [-0.2, 0) is 0 Å². The molecule has 2 aromatic rings. The second kappa shape index (κ2) is 7.11. The number of likely N-dealkylation sites (tertiary alicyclic amines) is 1. The molecule has 26 heavy (non-hydrogen) atoms. The van der Waals surface area contributed by atoms with Gasteiger partial charge in [-0.3, -0.25) is 9.78 Å². The minimum Gasteiger partial charge on any atom is -0.339 e. The minimum atomic E-state index is 0.0593. The Morgan fingerprint density at radius 3 is 2.58 bits per heavy atom. The highest BCUT2D eigenvalue weighted by Gasteiger charge is 2.37. The second-order valence-corrected chi connectivity index (χ2v) is 7.48. The van der Waals surface area contributed by atoms with Gasteiger partial charge in [-0.1, -0.05) is 0 Å². The zero-order valence-electron chi connectivity index (χ0n) is 15.2. The number of aryl methyl sites for hydroxylation is 1. The van der Waals surface area contributed by atoms with Gasteiger partial charge in [0.05, 0.1) is 11.3 Å². The standard InChI is InChI=1S/C20H25N5O/c1-15-17(14-23-18(24-15)16-3-2-8-22-13-16)19(26)25-11-6-20(7-12-25)4-9-21-10-5-20/h2-3,8,13-14,21H,4-7,9-12H2,1H3. The molecule has 2 aliphatic heterocycles. The molecule has 136 valence electrons. The summed E-state index contributed by atoms with van der Waals surface area (Å²) in [6, 6.07) is 3.78. The molecule has 6 nitrogen and oxygen atoms in total. The molecule has 2 saturated heterocycles. The van der Waals surface area contributed by atoms with E-state index in [0.29, 0.717) is 16.8 Å². The Hall–Kier alpha value is -2.34. The smallest absolute Gasteiger partial charge is 0.257 e. The summed E-state index contributed by atoms with van der Waals surface area (Å²) in [5, 5.41) is 3.44. The Morgan fingerprint density at radius 2 is 1.92 bits per heavy atom. The first-order valence-corrected chi connectivity index (χ1v) is 9.41. The van der Waals surface area contributed by atoms with E-state index in [1.54, 1.807) is 18.6 Å². The molecule has 4 heterocycles. The molecule has 2 aromatic heterocycles. The molecule has 4 rings (SSSR count). The van der Waals surface area contributed by atoms with Crippen LogP contribution in [0, 0.1) is 12.3 Å². The molecule has 0 aromatic carbocycles. The third kappa shape index (κ3) is 3.33. The van der Waals surface area contributed by atoms with Crippen molar-refractivity contribution in [2.75, 3.05) is 26.2 Å². The van der Waals surface area contributed by atoms with E-state index in [1.165, 1.54) is 12.8 Å². The van der Waals surface area contributed by atoms with E-state index in [0.717, 1.165) is 50.3 Å². The van der Waals surface area contributed by atoms with Crippen molar-refractivity contribution in [3.8, 4) is 11.4 Å². The first-order valence-electron chi connectivity index (χ1n) is 9.41. The number of pyridine rings is 1. The number of aromatic nitrogens is 3. The van der Waals surface area contributed by atoms with Crippen LogP contribution in [0.15, 0.2) is 30.7 Å². The van der Waals surface area contributed by atoms with Crippen LogP contribution in [0.4, 0.5) is 0 Å². The van der Waals surface area contributed by atoms with E-state index >= 15 is 0 Å². The predicted octanol–water partition coefficient (Wildman–Crippen LogP) is 2.45. The molecule has 0 aliphatic carbocycles. The van der Waals surface area contributed by atoms with Gasteiger partial charge in [0, 0.05) is 37.2 Å². The maximum absolute atomic E-state index is 13.0. The molecule has 1 N–H and O–H groups in total. The van der Waals surface area contributed by atoms with Crippen molar-refractivity contribution in [3.63, 3.8) is 0 Å². The Balaban J connectivity index is 1.47. The van der Waals surface area contributed by atoms with Gasteiger partial charge in [0.15, 0.2) is 5.82 Å². The highest BCUT2D eigenvalue weighted by molar-refractivity contribution is 5.95. The van der Waals surface area contributed by atoms with E-state index in [1.807, 2.05) is 24.0 Å². The van der Waals surface area contributed by atoms with Crippen LogP contribution in [0.5, 0.6) is 0 Å². The van der Waals surface area contributed by atoms with E-state index in [-0.39, 0.29) is 5.91 Å². The lowest BCUT2D eigenvalue weighted by Gasteiger charge is -2.44. The molecule has 2 fully saturated rings. The summed E-state index contributed by atoms with van der Waals surface area (Å²) in [6.07, 6.45) is 9.80. The van der Waals surface area contributed by atoms with Gasteiger partial charge < -0.3 is 10.2 Å². The maximum atomic E-state index is 13.0. The molecule has 6 heteroatoms. The summed E-state index contributed by atoms with van der Waals surface area (Å²) in [7, 11) is 0. The van der Waals surface area contributed by atoms with Gasteiger partial charge in [-0.15, -0.1) is 0 Å². The van der Waals surface area contributed by atoms with Crippen molar-refractivity contribution in [2.45, 2.75) is 32.6 Å². The number of piperidine rings is 2. The Bertz CT molecular complexity index is 776. The summed E-state index contributed by atoms with van der Waals surface area (Å²) in [5.74, 6) is 0.670. The number of amides is 1. The summed E-state index contributed by atoms with van der Waals surface area (Å²) < 4.78 is 0. The molecular weight excluding hydrogens is 326 g/mol. The summed E-state index contributed by atoms with van der Waals surface area (Å²) >= 11 is 0. The number of nitrogens with zero attached hydrogens (tertiary/aromatic N) is 4. The third-order valence-electron chi connectivity index (χ3n) is 5.91. The summed E-state index contributed by atoms with van der Waals surface area (Å²) in [6.45, 7) is 5.77. The Kier molecular flexibility index (Phi) is 4.68. The first kappa shape index (κ1) is 17.1. The van der Waals surface area contributed by atoms with Crippen LogP contribution in [0.25, 0.3) is 11.4 Å². The number of nitrogens with one attached hydrogen (secondary N) is 1. The van der Waals surface area contributed by atoms with Crippen LogP contribution in [0.3, 0.4) is 0 Å². The zero-order valence-corrected chi connectivity index (χ0v) is 15.2. The summed E-state index contributed by atoms with van der Waals surface area (Å²) in [4.78, 5) is 28.0. The SMILES string of the molecule is Cc1nc(-c2cccnc2)ncc1C(=O)N1CCC2(CCNCC2)CC1. The van der Waals surface area contributed by atoms with E-state index in [4.69, 9.17) is 0 Å². The van der Waals surface area contributed by atoms with E-state index in [9.17, 15) is 4.79 Å². The number of rotatable bonds is 2. The lowest BCUT2D eigenvalue weighted by molar-refractivity contribution is 0.0494. The third-order valence-corrected chi connectivity index (χ3v) is 5.91. The van der Waals surface area contributed by atoms with Crippen molar-refractivity contribution in [1.29, 1.82) is 0 Å². The number of hydrogen-bond acceptors (Lipinski definition) is 5. The van der Waals surface area contributed by atoms with E-state index in [2.05, 4.69) is 20.3 Å². The molecule has 0 atom stereocenters. The monoisotopic (exact) mass is 351 g/mol. The molecule has 2 aliphatic rings. The number of carbonyl (C=O) groups excluding carboxylic acids is 1. The minimum absolute atomic E-state index is 0.0593. The highest BCUT2D eigenvalue weighted by atomic mass is 16.2. The quantitative estimate of drug-likeness (QED) is 0.900. The van der Waals surface area contributed by atoms with Crippen LogP contribution < -0.4 is 5.32 Å². The lowest BCUT2D eigenvalue weighted by atomic mass is 9.71. The Morgan fingerprint density at radius 1 is 1.15 bits per heavy atom. The molecular formula is C20H25N5O. The molecule has 1 amide bonds. The maximum Gasteiger partial charge on any atom is 0.257 e. The van der Waals surface area contributed by atoms with Gasteiger partial charge in [0.1, 0.15) is 0 Å². The van der Waals surface area contributed by atoms with Gasteiger partial charge in [0.25, 0.3) is 5.91 Å². The largest absolute Gasteiger partial charge is 0.339 e. The average molecular weight is 351 g/mol. The predicted molar refractivity (Wildman–Crippen MR) is 99.7 cm³/mol. The second-order valence-electron chi connectivity index (χ2n) is 7.48. The molecule has 0 bridgehead atoms. The van der Waals surface area contributed by atoms with Crippen molar-refractivity contribution < 1.29 is 4.79 Å². The van der Waals surface area contributed by atoms with Gasteiger partial charge in [-0.2, -0.15) is 0 Å². The van der Waals surface area contributed by atoms with Crippen molar-refractivity contribution in [2.24, 2.45) is 5.41 Å². The average Bonchev–Trinajstić information content (AvgIpc) is 2.69. The molecule has 0 radical (unpaired) electrons. The zero-order chi connectivity index (χ0) is 18.0. The molecule has 0 unspecified atom stereocenters. The van der Waals surface area contributed by atoms with Crippen LogP contribution in [0.1, 0.15) is 41.7 Å². The fourth-order valence-corrected chi connectivity index (χ4v) is 4.12. The first-order chi connectivity index (χ1) is 12.7. The van der Waals surface area contributed by atoms with Crippen LogP contribution in [0.2, 0.25) is 0 Å². The van der Waals surface area contributed by atoms with Crippen molar-refractivity contribution >= 4 is 5.91 Å². The van der Waals surface area contributed by atoms with Crippen LogP contribution >= 0.6 is 0 Å². The summed E-state index contributed by atoms with van der Waals surface area (Å²) in [5.41, 5.74) is 2.64. The highest BCUT2D eigenvalue weighted by Crippen LogP contribution is 2.39.